The maximum absolute atomic E-state index is 14.0. The lowest BCUT2D eigenvalue weighted by Crippen LogP contribution is -2.39. The molecular formula is C32H28N4O3S. The van der Waals surface area contributed by atoms with Crippen molar-refractivity contribution in [2.75, 3.05) is 7.11 Å². The minimum absolute atomic E-state index is 0.198. The third-order valence-corrected chi connectivity index (χ3v) is 8.62. The molecule has 0 bridgehead atoms. The number of hydrogen-bond acceptors (Lipinski definition) is 5. The zero-order chi connectivity index (χ0) is 27.7. The molecule has 0 spiro atoms. The molecule has 1 atom stereocenters. The fourth-order valence-electron chi connectivity index (χ4n) is 4.77. The summed E-state index contributed by atoms with van der Waals surface area (Å²) < 4.78 is 36.5. The van der Waals surface area contributed by atoms with Crippen molar-refractivity contribution in [3.05, 3.63) is 138 Å². The molecule has 2 heterocycles. The van der Waals surface area contributed by atoms with Crippen LogP contribution < -0.4 is 10.2 Å². The van der Waals surface area contributed by atoms with Crippen LogP contribution in [0.25, 0.3) is 22.6 Å². The highest BCUT2D eigenvalue weighted by Gasteiger charge is 2.39. The SMILES string of the molecule is COc1ccc(C2=C[C@@H](c3cn(-c4ccccc4)nc3-c3ccc(C)cc3)N(S(=O)(=O)c3ccccc3)N2)cc1. The Balaban J connectivity index is 1.53. The summed E-state index contributed by atoms with van der Waals surface area (Å²) in [4.78, 5) is 0.198. The number of nitrogens with one attached hydrogen (secondary N) is 1. The Morgan fingerprint density at radius 2 is 1.43 bits per heavy atom. The number of rotatable bonds is 7. The summed E-state index contributed by atoms with van der Waals surface area (Å²) >= 11 is 0. The molecule has 0 fully saturated rings. The smallest absolute Gasteiger partial charge is 0.260 e. The van der Waals surface area contributed by atoms with Gasteiger partial charge in [-0.25, -0.2) is 13.1 Å². The van der Waals surface area contributed by atoms with Crippen molar-refractivity contribution >= 4 is 15.7 Å². The van der Waals surface area contributed by atoms with E-state index in [1.807, 2.05) is 98.1 Å². The minimum atomic E-state index is -3.94. The lowest BCUT2D eigenvalue weighted by molar-refractivity contribution is 0.348. The summed E-state index contributed by atoms with van der Waals surface area (Å²) in [7, 11) is -2.33. The average molecular weight is 549 g/mol. The molecule has 0 unspecified atom stereocenters. The Bertz CT molecular complexity index is 1760. The number of nitrogens with zero attached hydrogens (tertiary/aromatic N) is 3. The lowest BCUT2D eigenvalue weighted by Gasteiger charge is -2.24. The van der Waals surface area contributed by atoms with Gasteiger partial charge in [0.2, 0.25) is 0 Å². The average Bonchev–Trinajstić information content (AvgIpc) is 3.64. The summed E-state index contributed by atoms with van der Waals surface area (Å²) in [6.07, 6.45) is 3.85. The second-order valence-electron chi connectivity index (χ2n) is 9.56. The van der Waals surface area contributed by atoms with E-state index in [-0.39, 0.29) is 4.90 Å². The molecule has 6 rings (SSSR count). The van der Waals surface area contributed by atoms with E-state index in [0.717, 1.165) is 33.7 Å². The number of sulfonamides is 1. The molecule has 8 heteroatoms. The van der Waals surface area contributed by atoms with Gasteiger partial charge in [0.15, 0.2) is 0 Å². The number of hydrogen-bond donors (Lipinski definition) is 1. The van der Waals surface area contributed by atoms with E-state index in [0.29, 0.717) is 11.4 Å². The molecule has 0 amide bonds. The predicted octanol–water partition coefficient (Wildman–Crippen LogP) is 6.15. The zero-order valence-electron chi connectivity index (χ0n) is 22.1. The maximum Gasteiger partial charge on any atom is 0.260 e. The maximum atomic E-state index is 14.0. The number of aromatic nitrogens is 2. The van der Waals surface area contributed by atoms with Gasteiger partial charge in [0.05, 0.1) is 35.1 Å². The highest BCUT2D eigenvalue weighted by molar-refractivity contribution is 7.89. The van der Waals surface area contributed by atoms with Gasteiger partial charge in [-0.2, -0.15) is 5.10 Å². The molecule has 1 N–H and O–H groups in total. The Morgan fingerprint density at radius 1 is 0.800 bits per heavy atom. The first-order chi connectivity index (χ1) is 19.4. The first-order valence-corrected chi connectivity index (χ1v) is 14.3. The first-order valence-electron chi connectivity index (χ1n) is 12.9. The molecule has 0 radical (unpaired) electrons. The summed E-state index contributed by atoms with van der Waals surface area (Å²) in [6.45, 7) is 2.03. The van der Waals surface area contributed by atoms with Gasteiger partial charge in [0, 0.05) is 17.3 Å². The van der Waals surface area contributed by atoms with Crippen molar-refractivity contribution in [2.24, 2.45) is 0 Å². The van der Waals surface area contributed by atoms with Crippen molar-refractivity contribution < 1.29 is 13.2 Å². The Morgan fingerprint density at radius 3 is 2.08 bits per heavy atom. The van der Waals surface area contributed by atoms with Gasteiger partial charge in [-0.05, 0) is 67.1 Å². The van der Waals surface area contributed by atoms with E-state index in [9.17, 15) is 8.42 Å². The molecule has 7 nitrogen and oxygen atoms in total. The van der Waals surface area contributed by atoms with Gasteiger partial charge in [-0.15, -0.1) is 4.41 Å². The fraction of sp³-hybridized carbons (Fsp3) is 0.0938. The third kappa shape index (κ3) is 4.79. The Hall–Kier alpha value is -4.66. The summed E-state index contributed by atoms with van der Waals surface area (Å²) in [5, 5.41) is 4.96. The van der Waals surface area contributed by atoms with Crippen molar-refractivity contribution in [1.82, 2.24) is 19.6 Å². The fourth-order valence-corrected chi connectivity index (χ4v) is 6.19. The van der Waals surface area contributed by atoms with Crippen LogP contribution in [0.4, 0.5) is 0 Å². The molecule has 0 saturated heterocycles. The number of methoxy groups -OCH3 is 1. The molecule has 1 aliphatic rings. The minimum Gasteiger partial charge on any atom is -0.497 e. The highest BCUT2D eigenvalue weighted by Crippen LogP contribution is 2.40. The molecule has 1 aromatic heterocycles. The Labute approximate surface area is 234 Å². The third-order valence-electron chi connectivity index (χ3n) is 6.92. The summed E-state index contributed by atoms with van der Waals surface area (Å²) in [6, 6.07) is 33.2. The number of benzene rings is 4. The van der Waals surface area contributed by atoms with Gasteiger partial charge in [0.25, 0.3) is 10.0 Å². The predicted molar refractivity (Wildman–Crippen MR) is 156 cm³/mol. The topological polar surface area (TPSA) is 76.5 Å². The van der Waals surface area contributed by atoms with Crippen LogP contribution in [0.15, 0.2) is 126 Å². The standard InChI is InChI=1S/C32H28N4O3S/c1-23-13-15-25(16-14-23)32-29(22-35(34-32)26-9-5-3-6-10-26)31-21-30(24-17-19-27(39-2)20-18-24)33-36(31)40(37,38)28-11-7-4-8-12-28/h3-22,31,33H,1-2H3/t31-/m0/s1. The monoisotopic (exact) mass is 548 g/mol. The van der Waals surface area contributed by atoms with E-state index in [4.69, 9.17) is 9.84 Å². The van der Waals surface area contributed by atoms with Crippen LogP contribution in [0, 0.1) is 6.92 Å². The highest BCUT2D eigenvalue weighted by atomic mass is 32.2. The molecule has 4 aromatic carbocycles. The number of ether oxygens (including phenoxy) is 1. The van der Waals surface area contributed by atoms with E-state index in [1.165, 1.54) is 4.41 Å². The van der Waals surface area contributed by atoms with Gasteiger partial charge >= 0.3 is 0 Å². The van der Waals surface area contributed by atoms with Gasteiger partial charge in [-0.1, -0.05) is 66.2 Å². The van der Waals surface area contributed by atoms with Gasteiger partial charge < -0.3 is 10.2 Å². The zero-order valence-corrected chi connectivity index (χ0v) is 22.9. The molecule has 0 saturated carbocycles. The van der Waals surface area contributed by atoms with Crippen LogP contribution >= 0.6 is 0 Å². The van der Waals surface area contributed by atoms with Crippen molar-refractivity contribution in [3.63, 3.8) is 0 Å². The van der Waals surface area contributed by atoms with Crippen LogP contribution in [0.1, 0.15) is 22.7 Å². The van der Waals surface area contributed by atoms with Crippen LogP contribution in [-0.2, 0) is 10.0 Å². The van der Waals surface area contributed by atoms with E-state index >= 15 is 0 Å². The van der Waals surface area contributed by atoms with E-state index in [2.05, 4.69) is 5.43 Å². The number of para-hydroxylation sites is 1. The number of aryl methyl sites for hydroxylation is 1. The molecule has 0 aliphatic carbocycles. The first kappa shape index (κ1) is 25.6. The van der Waals surface area contributed by atoms with E-state index in [1.54, 1.807) is 42.1 Å². The quantitative estimate of drug-likeness (QED) is 0.264. The second kappa shape index (κ2) is 10.5. The van der Waals surface area contributed by atoms with Crippen LogP contribution in [-0.4, -0.2) is 29.7 Å². The summed E-state index contributed by atoms with van der Waals surface area (Å²) in [5.74, 6) is 0.721. The number of hydrazine groups is 1. The summed E-state index contributed by atoms with van der Waals surface area (Å²) in [5.41, 5.74) is 9.08. The van der Waals surface area contributed by atoms with Crippen molar-refractivity contribution in [1.29, 1.82) is 0 Å². The van der Waals surface area contributed by atoms with Crippen molar-refractivity contribution in [2.45, 2.75) is 17.9 Å². The van der Waals surface area contributed by atoms with Gasteiger partial charge in [-0.3, -0.25) is 0 Å². The molecule has 1 aliphatic heterocycles. The lowest BCUT2D eigenvalue weighted by atomic mass is 10.0. The van der Waals surface area contributed by atoms with Crippen LogP contribution in [0.3, 0.4) is 0 Å². The second-order valence-corrected chi connectivity index (χ2v) is 11.4. The van der Waals surface area contributed by atoms with E-state index < -0.39 is 16.1 Å². The molecule has 200 valence electrons. The van der Waals surface area contributed by atoms with Crippen LogP contribution in [0.2, 0.25) is 0 Å². The largest absolute Gasteiger partial charge is 0.497 e. The van der Waals surface area contributed by atoms with Crippen LogP contribution in [0.5, 0.6) is 5.75 Å². The molecule has 40 heavy (non-hydrogen) atoms. The normalized spacial score (nSPS) is 15.4. The molecule has 5 aromatic rings. The molecular weight excluding hydrogens is 520 g/mol. The Kier molecular flexibility index (Phi) is 6.71. The van der Waals surface area contributed by atoms with Crippen molar-refractivity contribution in [3.8, 4) is 22.7 Å². The van der Waals surface area contributed by atoms with Gasteiger partial charge in [0.1, 0.15) is 5.75 Å².